The van der Waals surface area contributed by atoms with Crippen molar-refractivity contribution in [2.75, 3.05) is 0 Å². The van der Waals surface area contributed by atoms with E-state index in [1.807, 2.05) is 6.92 Å². The first-order valence-corrected chi connectivity index (χ1v) is 5.15. The molecule has 3 nitrogen and oxygen atoms in total. The Kier molecular flexibility index (Phi) is 3.26. The van der Waals surface area contributed by atoms with E-state index in [0.717, 1.165) is 4.47 Å². The Labute approximate surface area is 91.3 Å². The highest BCUT2D eigenvalue weighted by atomic mass is 79.9. The van der Waals surface area contributed by atoms with E-state index in [1.165, 1.54) is 0 Å². The molecule has 0 bridgehead atoms. The molecule has 0 fully saturated rings. The van der Waals surface area contributed by atoms with E-state index in [2.05, 4.69) is 20.9 Å². The second-order valence-electron chi connectivity index (χ2n) is 3.35. The Morgan fingerprint density at radius 2 is 2.36 bits per heavy atom. The van der Waals surface area contributed by atoms with Gasteiger partial charge in [-0.15, -0.1) is 0 Å². The van der Waals surface area contributed by atoms with E-state index in [4.69, 9.17) is 5.11 Å². The van der Waals surface area contributed by atoms with Crippen molar-refractivity contribution in [2.45, 2.75) is 25.7 Å². The van der Waals surface area contributed by atoms with Crippen molar-refractivity contribution in [3.8, 4) is 0 Å². The molecule has 1 heterocycles. The summed E-state index contributed by atoms with van der Waals surface area (Å²) in [7, 11) is 0. The SMILES string of the molecule is CCC(C)(C(=O)O)c1cc(Br)ccn1. The van der Waals surface area contributed by atoms with E-state index in [9.17, 15) is 4.79 Å². The van der Waals surface area contributed by atoms with Gasteiger partial charge in [0.15, 0.2) is 0 Å². The number of aliphatic carboxylic acids is 1. The van der Waals surface area contributed by atoms with Crippen molar-refractivity contribution in [2.24, 2.45) is 0 Å². The zero-order valence-electron chi connectivity index (χ0n) is 8.12. The molecule has 4 heteroatoms. The van der Waals surface area contributed by atoms with Gasteiger partial charge < -0.3 is 5.11 Å². The van der Waals surface area contributed by atoms with Crippen molar-refractivity contribution in [3.05, 3.63) is 28.5 Å². The average Bonchev–Trinajstić information content (AvgIpc) is 2.16. The molecule has 1 aromatic rings. The summed E-state index contributed by atoms with van der Waals surface area (Å²) >= 11 is 3.30. The summed E-state index contributed by atoms with van der Waals surface area (Å²) in [5, 5.41) is 9.12. The summed E-state index contributed by atoms with van der Waals surface area (Å²) in [4.78, 5) is 15.2. The van der Waals surface area contributed by atoms with E-state index in [1.54, 1.807) is 25.3 Å². The number of hydrogen-bond acceptors (Lipinski definition) is 2. The van der Waals surface area contributed by atoms with Gasteiger partial charge in [-0.25, -0.2) is 0 Å². The fourth-order valence-corrected chi connectivity index (χ4v) is 1.48. The molecule has 0 amide bonds. The number of pyridine rings is 1. The number of hydrogen-bond donors (Lipinski definition) is 1. The largest absolute Gasteiger partial charge is 0.481 e. The lowest BCUT2D eigenvalue weighted by atomic mass is 9.84. The molecule has 1 rings (SSSR count). The fraction of sp³-hybridized carbons (Fsp3) is 0.400. The van der Waals surface area contributed by atoms with Crippen LogP contribution in [-0.2, 0) is 10.2 Å². The lowest BCUT2D eigenvalue weighted by molar-refractivity contribution is -0.143. The van der Waals surface area contributed by atoms with Gasteiger partial charge in [0, 0.05) is 10.7 Å². The van der Waals surface area contributed by atoms with Crippen LogP contribution >= 0.6 is 15.9 Å². The van der Waals surface area contributed by atoms with Gasteiger partial charge in [0.1, 0.15) is 5.41 Å². The predicted octanol–water partition coefficient (Wildman–Crippen LogP) is 2.60. The van der Waals surface area contributed by atoms with Gasteiger partial charge in [-0.3, -0.25) is 9.78 Å². The van der Waals surface area contributed by atoms with Gasteiger partial charge in [0.05, 0.1) is 5.69 Å². The summed E-state index contributed by atoms with van der Waals surface area (Å²) in [6, 6.07) is 3.53. The second-order valence-corrected chi connectivity index (χ2v) is 4.27. The van der Waals surface area contributed by atoms with Crippen LogP contribution in [-0.4, -0.2) is 16.1 Å². The van der Waals surface area contributed by atoms with Crippen LogP contribution in [0.25, 0.3) is 0 Å². The molecule has 1 N–H and O–H groups in total. The highest BCUT2D eigenvalue weighted by Gasteiger charge is 2.34. The molecule has 1 aromatic heterocycles. The number of carboxylic acid groups (broad SMARTS) is 1. The molecule has 0 saturated heterocycles. The van der Waals surface area contributed by atoms with Gasteiger partial charge in [-0.1, -0.05) is 22.9 Å². The minimum Gasteiger partial charge on any atom is -0.481 e. The maximum absolute atomic E-state index is 11.1. The smallest absolute Gasteiger partial charge is 0.315 e. The molecule has 0 spiro atoms. The molecule has 1 atom stereocenters. The maximum atomic E-state index is 11.1. The number of halogens is 1. The van der Waals surface area contributed by atoms with Crippen LogP contribution < -0.4 is 0 Å². The van der Waals surface area contributed by atoms with E-state index >= 15 is 0 Å². The summed E-state index contributed by atoms with van der Waals surface area (Å²) in [5.41, 5.74) is -0.314. The predicted molar refractivity (Wildman–Crippen MR) is 57.2 cm³/mol. The van der Waals surface area contributed by atoms with E-state index in [-0.39, 0.29) is 0 Å². The lowest BCUT2D eigenvalue weighted by Crippen LogP contribution is -2.32. The summed E-state index contributed by atoms with van der Waals surface area (Å²) in [6.45, 7) is 3.53. The monoisotopic (exact) mass is 257 g/mol. The average molecular weight is 258 g/mol. The Balaban J connectivity index is 3.19. The number of carboxylic acids is 1. The maximum Gasteiger partial charge on any atom is 0.315 e. The van der Waals surface area contributed by atoms with E-state index < -0.39 is 11.4 Å². The van der Waals surface area contributed by atoms with Crippen LogP contribution in [0.5, 0.6) is 0 Å². The van der Waals surface area contributed by atoms with Crippen LogP contribution in [0, 0.1) is 0 Å². The van der Waals surface area contributed by atoms with Gasteiger partial charge in [0.2, 0.25) is 0 Å². The first-order valence-electron chi connectivity index (χ1n) is 4.36. The number of rotatable bonds is 3. The third-order valence-corrected chi connectivity index (χ3v) is 2.96. The molecular formula is C10H12BrNO2. The van der Waals surface area contributed by atoms with Crippen LogP contribution in [0.4, 0.5) is 0 Å². The zero-order chi connectivity index (χ0) is 10.8. The van der Waals surface area contributed by atoms with Crippen LogP contribution in [0.15, 0.2) is 22.8 Å². The molecular weight excluding hydrogens is 246 g/mol. The van der Waals surface area contributed by atoms with Crippen molar-refractivity contribution < 1.29 is 9.90 Å². The molecule has 76 valence electrons. The topological polar surface area (TPSA) is 50.2 Å². The second kappa shape index (κ2) is 4.09. The third-order valence-electron chi connectivity index (χ3n) is 2.47. The van der Waals surface area contributed by atoms with Gasteiger partial charge in [-0.2, -0.15) is 0 Å². The van der Waals surface area contributed by atoms with E-state index in [0.29, 0.717) is 12.1 Å². The molecule has 0 aliphatic heterocycles. The number of carbonyl (C=O) groups is 1. The lowest BCUT2D eigenvalue weighted by Gasteiger charge is -2.22. The number of nitrogens with zero attached hydrogens (tertiary/aromatic N) is 1. The summed E-state index contributed by atoms with van der Waals surface area (Å²) in [6.07, 6.45) is 2.13. The Hall–Kier alpha value is -0.900. The summed E-state index contributed by atoms with van der Waals surface area (Å²) < 4.78 is 0.850. The van der Waals surface area contributed by atoms with Gasteiger partial charge >= 0.3 is 5.97 Å². The Morgan fingerprint density at radius 3 is 2.79 bits per heavy atom. The molecule has 0 aliphatic carbocycles. The number of aromatic nitrogens is 1. The van der Waals surface area contributed by atoms with Crippen molar-refractivity contribution in [3.63, 3.8) is 0 Å². The molecule has 0 radical (unpaired) electrons. The zero-order valence-corrected chi connectivity index (χ0v) is 9.71. The first-order chi connectivity index (χ1) is 6.50. The van der Waals surface area contributed by atoms with Crippen molar-refractivity contribution >= 4 is 21.9 Å². The molecule has 0 aromatic carbocycles. The normalized spacial score (nSPS) is 14.8. The Bertz CT molecular complexity index is 354. The van der Waals surface area contributed by atoms with Crippen molar-refractivity contribution in [1.29, 1.82) is 0 Å². The van der Waals surface area contributed by atoms with Crippen LogP contribution in [0.2, 0.25) is 0 Å². The third kappa shape index (κ3) is 1.95. The minimum absolute atomic E-state index is 0.520. The van der Waals surface area contributed by atoms with Crippen molar-refractivity contribution in [1.82, 2.24) is 4.98 Å². The highest BCUT2D eigenvalue weighted by molar-refractivity contribution is 9.10. The summed E-state index contributed by atoms with van der Waals surface area (Å²) in [5.74, 6) is -0.842. The first kappa shape index (κ1) is 11.2. The van der Waals surface area contributed by atoms with Gasteiger partial charge in [0.25, 0.3) is 0 Å². The standard InChI is InChI=1S/C10H12BrNO2/c1-3-10(2,9(13)14)8-6-7(11)4-5-12-8/h4-6H,3H2,1-2H3,(H,13,14). The van der Waals surface area contributed by atoms with Gasteiger partial charge in [-0.05, 0) is 25.5 Å². The molecule has 0 aliphatic rings. The molecule has 14 heavy (non-hydrogen) atoms. The molecule has 1 unspecified atom stereocenters. The fourth-order valence-electron chi connectivity index (χ4n) is 1.15. The quantitative estimate of drug-likeness (QED) is 0.906. The Morgan fingerprint density at radius 1 is 1.71 bits per heavy atom. The molecule has 0 saturated carbocycles. The highest BCUT2D eigenvalue weighted by Crippen LogP contribution is 2.27. The minimum atomic E-state index is -0.899. The van der Waals surface area contributed by atoms with Crippen LogP contribution in [0.3, 0.4) is 0 Å². The van der Waals surface area contributed by atoms with Crippen LogP contribution in [0.1, 0.15) is 26.0 Å².